The van der Waals surface area contributed by atoms with E-state index in [9.17, 15) is 13.6 Å². The normalized spacial score (nSPS) is 36.8. The third-order valence-electron chi connectivity index (χ3n) is 3.04. The van der Waals surface area contributed by atoms with Crippen LogP contribution in [0, 0.1) is 0 Å². The van der Waals surface area contributed by atoms with Gasteiger partial charge >= 0.3 is 0 Å². The molecule has 1 aliphatic heterocycles. The lowest BCUT2D eigenvalue weighted by atomic mass is 10.2. The lowest BCUT2D eigenvalue weighted by molar-refractivity contribution is -0.137. The number of carbonyl (C=O) groups is 1. The fraction of sp³-hybridized carbons (Fsp3) is 0.889. The second-order valence-electron chi connectivity index (χ2n) is 4.18. The number of hydrogen-bond acceptors (Lipinski definition) is 2. The van der Waals surface area contributed by atoms with Crippen LogP contribution in [0.4, 0.5) is 8.78 Å². The quantitative estimate of drug-likeness (QED) is 0.684. The minimum Gasteiger partial charge on any atom is -0.332 e. The summed E-state index contributed by atoms with van der Waals surface area (Å²) in [5.41, 5.74) is 5.56. The van der Waals surface area contributed by atoms with Gasteiger partial charge in [-0.05, 0) is 12.8 Å². The molecule has 80 valence electrons. The van der Waals surface area contributed by atoms with E-state index in [0.717, 1.165) is 0 Å². The van der Waals surface area contributed by atoms with Gasteiger partial charge in [-0.3, -0.25) is 4.79 Å². The highest BCUT2D eigenvalue weighted by Gasteiger charge is 2.50. The topological polar surface area (TPSA) is 46.3 Å². The first-order valence-corrected chi connectivity index (χ1v) is 4.93. The molecule has 1 aliphatic carbocycles. The van der Waals surface area contributed by atoms with Gasteiger partial charge in [-0.25, -0.2) is 8.78 Å². The first kappa shape index (κ1) is 9.83. The summed E-state index contributed by atoms with van der Waals surface area (Å²) < 4.78 is 26.7. The van der Waals surface area contributed by atoms with Crippen molar-refractivity contribution in [3.8, 4) is 0 Å². The van der Waals surface area contributed by atoms with Gasteiger partial charge in [0.25, 0.3) is 5.92 Å². The first-order chi connectivity index (χ1) is 6.50. The zero-order valence-electron chi connectivity index (χ0n) is 7.88. The van der Waals surface area contributed by atoms with Crippen LogP contribution in [0.25, 0.3) is 0 Å². The Morgan fingerprint density at radius 2 is 2.21 bits per heavy atom. The van der Waals surface area contributed by atoms with Crippen LogP contribution >= 0.6 is 0 Å². The molecule has 2 atom stereocenters. The summed E-state index contributed by atoms with van der Waals surface area (Å²) >= 11 is 0. The minimum atomic E-state index is -2.71. The summed E-state index contributed by atoms with van der Waals surface area (Å²) in [6.45, 7) is 0.291. The summed E-state index contributed by atoms with van der Waals surface area (Å²) in [4.78, 5) is 12.6. The molecule has 0 bridgehead atoms. The summed E-state index contributed by atoms with van der Waals surface area (Å²) in [7, 11) is 0. The maximum absolute atomic E-state index is 13.3. The fourth-order valence-electron chi connectivity index (χ4n) is 2.35. The van der Waals surface area contributed by atoms with E-state index in [1.807, 2.05) is 0 Å². The highest BCUT2D eigenvalue weighted by atomic mass is 19.3. The Kier molecular flexibility index (Phi) is 2.21. The fourth-order valence-corrected chi connectivity index (χ4v) is 2.35. The number of hydrogen-bond donors (Lipinski definition) is 1. The van der Waals surface area contributed by atoms with Crippen LogP contribution in [0.15, 0.2) is 0 Å². The van der Waals surface area contributed by atoms with Crippen LogP contribution in [-0.4, -0.2) is 35.4 Å². The Morgan fingerprint density at radius 1 is 1.50 bits per heavy atom. The molecule has 2 rings (SSSR count). The molecule has 0 radical (unpaired) electrons. The number of likely N-dealkylation sites (tertiary alicyclic amines) is 1. The molecule has 2 aliphatic rings. The van der Waals surface area contributed by atoms with E-state index in [4.69, 9.17) is 5.73 Å². The van der Waals surface area contributed by atoms with Crippen LogP contribution in [0.5, 0.6) is 0 Å². The molecule has 5 heteroatoms. The summed E-state index contributed by atoms with van der Waals surface area (Å²) in [6.07, 6.45) is 1.02. The predicted octanol–water partition coefficient (Wildman–Crippen LogP) is 0.734. The van der Waals surface area contributed by atoms with Crippen molar-refractivity contribution in [2.75, 3.05) is 6.54 Å². The van der Waals surface area contributed by atoms with E-state index < -0.39 is 12.0 Å². The molecule has 0 aromatic heterocycles. The SMILES string of the molecule is NC1CC(=O)N(C2CCCC2(F)F)C1. The van der Waals surface area contributed by atoms with Crippen molar-refractivity contribution in [1.29, 1.82) is 0 Å². The number of carbonyl (C=O) groups excluding carboxylic acids is 1. The third kappa shape index (κ3) is 1.49. The molecular formula is C9H14F2N2O. The summed E-state index contributed by atoms with van der Waals surface area (Å²) in [5, 5.41) is 0. The summed E-state index contributed by atoms with van der Waals surface area (Å²) in [6, 6.07) is -1.16. The minimum absolute atomic E-state index is 0.101. The number of rotatable bonds is 1. The van der Waals surface area contributed by atoms with Crippen LogP contribution in [0.1, 0.15) is 25.7 Å². The molecule has 0 aromatic rings. The lowest BCUT2D eigenvalue weighted by Crippen LogP contribution is -2.45. The second-order valence-corrected chi connectivity index (χ2v) is 4.18. The third-order valence-corrected chi connectivity index (χ3v) is 3.04. The van der Waals surface area contributed by atoms with Gasteiger partial charge in [-0.2, -0.15) is 0 Å². The standard InChI is InChI=1S/C9H14F2N2O/c10-9(11)3-1-2-7(9)13-5-6(12)4-8(13)14/h6-7H,1-5,12H2. The molecular weight excluding hydrogens is 190 g/mol. The molecule has 3 nitrogen and oxygen atoms in total. The smallest absolute Gasteiger partial charge is 0.268 e. The van der Waals surface area contributed by atoms with Crippen LogP contribution in [0.2, 0.25) is 0 Å². The molecule has 1 heterocycles. The van der Waals surface area contributed by atoms with E-state index in [0.29, 0.717) is 19.4 Å². The number of amides is 1. The lowest BCUT2D eigenvalue weighted by Gasteiger charge is -2.29. The van der Waals surface area contributed by atoms with Gasteiger partial charge in [0.2, 0.25) is 5.91 Å². The number of alkyl halides is 2. The van der Waals surface area contributed by atoms with Gasteiger partial charge in [-0.15, -0.1) is 0 Å². The molecule has 14 heavy (non-hydrogen) atoms. The van der Waals surface area contributed by atoms with Crippen LogP contribution < -0.4 is 5.73 Å². The first-order valence-electron chi connectivity index (χ1n) is 4.93. The van der Waals surface area contributed by atoms with Gasteiger partial charge in [-0.1, -0.05) is 0 Å². The molecule has 2 fully saturated rings. The van der Waals surface area contributed by atoms with E-state index in [1.54, 1.807) is 0 Å². The average molecular weight is 204 g/mol. The van der Waals surface area contributed by atoms with Crippen molar-refractivity contribution in [1.82, 2.24) is 4.90 Å². The number of nitrogens with zero attached hydrogens (tertiary/aromatic N) is 1. The molecule has 2 unspecified atom stereocenters. The van der Waals surface area contributed by atoms with E-state index in [1.165, 1.54) is 4.90 Å². The van der Waals surface area contributed by atoms with Crippen molar-refractivity contribution >= 4 is 5.91 Å². The predicted molar refractivity (Wildman–Crippen MR) is 46.9 cm³/mol. The van der Waals surface area contributed by atoms with E-state index in [-0.39, 0.29) is 24.8 Å². The van der Waals surface area contributed by atoms with Crippen molar-refractivity contribution in [2.24, 2.45) is 5.73 Å². The highest BCUT2D eigenvalue weighted by molar-refractivity contribution is 5.79. The molecule has 0 aromatic carbocycles. The monoisotopic (exact) mass is 204 g/mol. The van der Waals surface area contributed by atoms with Crippen LogP contribution in [0.3, 0.4) is 0 Å². The zero-order valence-corrected chi connectivity index (χ0v) is 7.88. The highest BCUT2D eigenvalue weighted by Crippen LogP contribution is 2.39. The molecule has 1 saturated heterocycles. The molecule has 1 amide bonds. The van der Waals surface area contributed by atoms with Gasteiger partial charge in [0.05, 0.1) is 6.04 Å². The Morgan fingerprint density at radius 3 is 2.64 bits per heavy atom. The largest absolute Gasteiger partial charge is 0.332 e. The van der Waals surface area contributed by atoms with Gasteiger partial charge in [0, 0.05) is 25.4 Å². The van der Waals surface area contributed by atoms with E-state index >= 15 is 0 Å². The number of halogens is 2. The number of nitrogens with two attached hydrogens (primary N) is 1. The van der Waals surface area contributed by atoms with Crippen LogP contribution in [-0.2, 0) is 4.79 Å². The Balaban J connectivity index is 2.12. The van der Waals surface area contributed by atoms with Crippen molar-refractivity contribution in [3.63, 3.8) is 0 Å². The Labute approximate surface area is 81.2 Å². The zero-order chi connectivity index (χ0) is 10.3. The molecule has 1 saturated carbocycles. The van der Waals surface area contributed by atoms with E-state index in [2.05, 4.69) is 0 Å². The Bertz CT molecular complexity index is 257. The average Bonchev–Trinajstić information content (AvgIpc) is 2.54. The maximum atomic E-state index is 13.3. The second kappa shape index (κ2) is 3.15. The summed E-state index contributed by atoms with van der Waals surface area (Å²) in [5.74, 6) is -2.93. The van der Waals surface area contributed by atoms with Crippen molar-refractivity contribution < 1.29 is 13.6 Å². The van der Waals surface area contributed by atoms with Gasteiger partial charge in [0.15, 0.2) is 0 Å². The van der Waals surface area contributed by atoms with Gasteiger partial charge < -0.3 is 10.6 Å². The molecule has 0 spiro atoms. The van der Waals surface area contributed by atoms with Crippen molar-refractivity contribution in [3.05, 3.63) is 0 Å². The Hall–Kier alpha value is -0.710. The maximum Gasteiger partial charge on any atom is 0.268 e. The van der Waals surface area contributed by atoms with Gasteiger partial charge in [0.1, 0.15) is 0 Å². The van der Waals surface area contributed by atoms with Crippen molar-refractivity contribution in [2.45, 2.75) is 43.7 Å². The molecule has 2 N–H and O–H groups in total.